The minimum atomic E-state index is -0.262. The molecule has 112 valence electrons. The van der Waals surface area contributed by atoms with E-state index in [0.29, 0.717) is 42.8 Å². The summed E-state index contributed by atoms with van der Waals surface area (Å²) in [7, 11) is 0. The standard InChI is InChI=1S/C14H21ClN2O3/c1-3-19-9-5-8-16-14(18)17-11-6-7-13(20-4-2)12(15)10-11/h6-7,10H,3-5,8-9H2,1-2H3,(H2,16,17,18). The van der Waals surface area contributed by atoms with E-state index in [-0.39, 0.29) is 6.03 Å². The minimum Gasteiger partial charge on any atom is -0.492 e. The number of anilines is 1. The van der Waals surface area contributed by atoms with Crippen molar-refractivity contribution < 1.29 is 14.3 Å². The lowest BCUT2D eigenvalue weighted by molar-refractivity contribution is 0.145. The molecule has 0 atom stereocenters. The summed E-state index contributed by atoms with van der Waals surface area (Å²) < 4.78 is 10.5. The summed E-state index contributed by atoms with van der Waals surface area (Å²) in [5.74, 6) is 0.608. The molecule has 20 heavy (non-hydrogen) atoms. The van der Waals surface area contributed by atoms with Crippen LogP contribution in [0.15, 0.2) is 18.2 Å². The van der Waals surface area contributed by atoms with Crippen LogP contribution in [0.2, 0.25) is 5.02 Å². The van der Waals surface area contributed by atoms with E-state index < -0.39 is 0 Å². The van der Waals surface area contributed by atoms with Gasteiger partial charge in [-0.2, -0.15) is 0 Å². The number of rotatable bonds is 8. The molecule has 0 saturated heterocycles. The number of amides is 2. The first-order valence-corrected chi connectivity index (χ1v) is 7.10. The average Bonchev–Trinajstić information content (AvgIpc) is 2.42. The third-order valence-electron chi connectivity index (χ3n) is 2.44. The Labute approximate surface area is 124 Å². The Kier molecular flexibility index (Phi) is 7.84. The van der Waals surface area contributed by atoms with Crippen LogP contribution in [0.25, 0.3) is 0 Å². The number of nitrogens with one attached hydrogen (secondary N) is 2. The van der Waals surface area contributed by atoms with Crippen molar-refractivity contribution >= 4 is 23.3 Å². The Morgan fingerprint density at radius 1 is 1.30 bits per heavy atom. The molecule has 2 N–H and O–H groups in total. The zero-order valence-corrected chi connectivity index (χ0v) is 12.6. The van der Waals surface area contributed by atoms with E-state index in [0.717, 1.165) is 6.42 Å². The van der Waals surface area contributed by atoms with Crippen LogP contribution in [0.5, 0.6) is 5.75 Å². The van der Waals surface area contributed by atoms with Crippen LogP contribution in [0.3, 0.4) is 0 Å². The van der Waals surface area contributed by atoms with Gasteiger partial charge in [0, 0.05) is 25.4 Å². The number of hydrogen-bond acceptors (Lipinski definition) is 3. The Hall–Kier alpha value is -1.46. The second-order valence-corrected chi connectivity index (χ2v) is 4.42. The van der Waals surface area contributed by atoms with Crippen molar-refractivity contribution in [2.75, 3.05) is 31.7 Å². The van der Waals surface area contributed by atoms with Gasteiger partial charge < -0.3 is 20.1 Å². The van der Waals surface area contributed by atoms with Crippen molar-refractivity contribution in [3.8, 4) is 5.75 Å². The predicted molar refractivity (Wildman–Crippen MR) is 80.8 cm³/mol. The van der Waals surface area contributed by atoms with Gasteiger partial charge in [-0.3, -0.25) is 0 Å². The lowest BCUT2D eigenvalue weighted by Gasteiger charge is -2.10. The van der Waals surface area contributed by atoms with Crippen LogP contribution in [0, 0.1) is 0 Å². The summed E-state index contributed by atoms with van der Waals surface area (Å²) in [4.78, 5) is 11.6. The number of carbonyl (C=O) groups excluding carboxylic acids is 1. The molecule has 0 fully saturated rings. The molecule has 0 bridgehead atoms. The molecule has 0 saturated carbocycles. The summed E-state index contributed by atoms with van der Waals surface area (Å²) in [6.07, 6.45) is 0.783. The maximum absolute atomic E-state index is 11.6. The maximum Gasteiger partial charge on any atom is 0.319 e. The van der Waals surface area contributed by atoms with E-state index in [4.69, 9.17) is 21.1 Å². The Balaban J connectivity index is 2.36. The van der Waals surface area contributed by atoms with Crippen LogP contribution in [0.1, 0.15) is 20.3 Å². The zero-order valence-electron chi connectivity index (χ0n) is 11.9. The molecule has 0 spiro atoms. The summed E-state index contributed by atoms with van der Waals surface area (Å²) in [6.45, 7) is 6.28. The molecule has 0 unspecified atom stereocenters. The van der Waals surface area contributed by atoms with Crippen molar-refractivity contribution in [2.24, 2.45) is 0 Å². The van der Waals surface area contributed by atoms with Crippen molar-refractivity contribution in [1.82, 2.24) is 5.32 Å². The topological polar surface area (TPSA) is 59.6 Å². The molecule has 2 amide bonds. The third-order valence-corrected chi connectivity index (χ3v) is 2.74. The highest BCUT2D eigenvalue weighted by Gasteiger charge is 2.05. The van der Waals surface area contributed by atoms with Gasteiger partial charge in [0.05, 0.1) is 11.6 Å². The lowest BCUT2D eigenvalue weighted by Crippen LogP contribution is -2.30. The Morgan fingerprint density at radius 3 is 2.75 bits per heavy atom. The average molecular weight is 301 g/mol. The fraction of sp³-hybridized carbons (Fsp3) is 0.500. The molecular weight excluding hydrogens is 280 g/mol. The van der Waals surface area contributed by atoms with Gasteiger partial charge >= 0.3 is 6.03 Å². The number of hydrogen-bond donors (Lipinski definition) is 2. The van der Waals surface area contributed by atoms with Crippen molar-refractivity contribution in [2.45, 2.75) is 20.3 Å². The van der Waals surface area contributed by atoms with E-state index in [1.165, 1.54) is 0 Å². The zero-order chi connectivity index (χ0) is 14.8. The highest BCUT2D eigenvalue weighted by molar-refractivity contribution is 6.32. The van der Waals surface area contributed by atoms with Gasteiger partial charge in [-0.1, -0.05) is 11.6 Å². The van der Waals surface area contributed by atoms with Gasteiger partial charge in [-0.25, -0.2) is 4.79 Å². The number of halogens is 1. The van der Waals surface area contributed by atoms with Crippen LogP contribution < -0.4 is 15.4 Å². The summed E-state index contributed by atoms with van der Waals surface area (Å²) >= 11 is 6.04. The van der Waals surface area contributed by atoms with E-state index in [9.17, 15) is 4.79 Å². The van der Waals surface area contributed by atoms with Gasteiger partial charge in [0.15, 0.2) is 0 Å². The fourth-order valence-corrected chi connectivity index (χ4v) is 1.78. The van der Waals surface area contributed by atoms with Gasteiger partial charge in [-0.15, -0.1) is 0 Å². The van der Waals surface area contributed by atoms with Gasteiger partial charge in [0.2, 0.25) is 0 Å². The molecule has 0 aromatic heterocycles. The minimum absolute atomic E-state index is 0.262. The summed E-state index contributed by atoms with van der Waals surface area (Å²) in [6, 6.07) is 4.88. The number of benzene rings is 1. The first-order valence-electron chi connectivity index (χ1n) is 6.72. The summed E-state index contributed by atoms with van der Waals surface area (Å²) in [5.41, 5.74) is 0.626. The van der Waals surface area contributed by atoms with Crippen molar-refractivity contribution in [1.29, 1.82) is 0 Å². The highest BCUT2D eigenvalue weighted by atomic mass is 35.5. The predicted octanol–water partition coefficient (Wildman–Crippen LogP) is 3.29. The van der Waals surface area contributed by atoms with Crippen molar-refractivity contribution in [3.63, 3.8) is 0 Å². The Morgan fingerprint density at radius 2 is 2.10 bits per heavy atom. The molecular formula is C14H21ClN2O3. The van der Waals surface area contributed by atoms with Crippen LogP contribution >= 0.6 is 11.6 Å². The molecule has 1 aromatic carbocycles. The van der Waals surface area contributed by atoms with Gasteiger partial charge in [0.1, 0.15) is 5.75 Å². The van der Waals surface area contributed by atoms with Crippen LogP contribution in [-0.4, -0.2) is 32.4 Å². The first kappa shape index (κ1) is 16.6. The summed E-state index contributed by atoms with van der Waals surface area (Å²) in [5, 5.41) is 5.93. The van der Waals surface area contributed by atoms with Gasteiger partial charge in [-0.05, 0) is 38.5 Å². The Bertz CT molecular complexity index is 427. The van der Waals surface area contributed by atoms with E-state index in [1.807, 2.05) is 13.8 Å². The first-order chi connectivity index (χ1) is 9.67. The van der Waals surface area contributed by atoms with Gasteiger partial charge in [0.25, 0.3) is 0 Å². The smallest absolute Gasteiger partial charge is 0.319 e. The second-order valence-electron chi connectivity index (χ2n) is 4.01. The molecule has 5 nitrogen and oxygen atoms in total. The van der Waals surface area contributed by atoms with Crippen LogP contribution in [-0.2, 0) is 4.74 Å². The SMILES string of the molecule is CCOCCCNC(=O)Nc1ccc(OCC)c(Cl)c1. The van der Waals surface area contributed by atoms with Crippen molar-refractivity contribution in [3.05, 3.63) is 23.2 Å². The third kappa shape index (κ3) is 6.12. The lowest BCUT2D eigenvalue weighted by atomic mass is 10.3. The quantitative estimate of drug-likeness (QED) is 0.724. The molecule has 0 radical (unpaired) electrons. The molecule has 1 rings (SSSR count). The molecule has 0 aliphatic heterocycles. The second kappa shape index (κ2) is 9.44. The van der Waals surface area contributed by atoms with Crippen LogP contribution in [0.4, 0.5) is 10.5 Å². The number of carbonyl (C=O) groups is 1. The van der Waals surface area contributed by atoms with E-state index >= 15 is 0 Å². The maximum atomic E-state index is 11.6. The molecule has 1 aromatic rings. The fourth-order valence-electron chi connectivity index (χ4n) is 1.55. The monoisotopic (exact) mass is 300 g/mol. The molecule has 6 heteroatoms. The highest BCUT2D eigenvalue weighted by Crippen LogP contribution is 2.27. The molecule has 0 aliphatic rings. The molecule has 0 heterocycles. The number of ether oxygens (including phenoxy) is 2. The largest absolute Gasteiger partial charge is 0.492 e. The van der Waals surface area contributed by atoms with E-state index in [1.54, 1.807) is 18.2 Å². The normalized spacial score (nSPS) is 10.2. The van der Waals surface area contributed by atoms with E-state index in [2.05, 4.69) is 10.6 Å². The molecule has 0 aliphatic carbocycles. The number of urea groups is 1.